The number of hydrogen-bond acceptors (Lipinski definition) is 3. The molecule has 0 aliphatic carbocycles. The van der Waals surface area contributed by atoms with E-state index in [1.54, 1.807) is 0 Å². The second-order valence-corrected chi connectivity index (χ2v) is 6.91. The van der Waals surface area contributed by atoms with Crippen LogP contribution in [0.1, 0.15) is 39.5 Å². The molecule has 1 amide bonds. The molecule has 1 heterocycles. The van der Waals surface area contributed by atoms with Crippen molar-refractivity contribution < 1.29 is 4.79 Å². The van der Waals surface area contributed by atoms with Crippen LogP contribution in [0.25, 0.3) is 0 Å². The molecule has 3 nitrogen and oxygen atoms in total. The third-order valence-electron chi connectivity index (χ3n) is 4.43. The van der Waals surface area contributed by atoms with Crippen LogP contribution in [-0.4, -0.2) is 49.0 Å². The minimum atomic E-state index is 0. The lowest BCUT2D eigenvalue weighted by Gasteiger charge is -2.31. The van der Waals surface area contributed by atoms with Gasteiger partial charge in [0, 0.05) is 19.5 Å². The molecule has 5 heteroatoms. The van der Waals surface area contributed by atoms with Crippen LogP contribution in [0.4, 0.5) is 0 Å². The molecule has 0 aromatic heterocycles. The number of amides is 1. The first kappa shape index (κ1) is 20.1. The first-order valence-corrected chi connectivity index (χ1v) is 8.91. The molecule has 3 unspecified atom stereocenters. The highest BCUT2D eigenvalue weighted by atomic mass is 35.5. The highest BCUT2D eigenvalue weighted by molar-refractivity contribution is 7.98. The Labute approximate surface area is 135 Å². The second kappa shape index (κ2) is 10.7. The van der Waals surface area contributed by atoms with Crippen molar-refractivity contribution in [3.8, 4) is 0 Å². The molecule has 0 saturated carbocycles. The zero-order chi connectivity index (χ0) is 14.3. The largest absolute Gasteiger partial charge is 0.343 e. The molecule has 0 radical (unpaired) electrons. The van der Waals surface area contributed by atoms with Crippen molar-refractivity contribution in [2.45, 2.75) is 45.6 Å². The van der Waals surface area contributed by atoms with Crippen LogP contribution in [0.5, 0.6) is 0 Å². The predicted molar refractivity (Wildman–Crippen MR) is 91.9 cm³/mol. The summed E-state index contributed by atoms with van der Waals surface area (Å²) in [5.74, 6) is 2.61. The summed E-state index contributed by atoms with van der Waals surface area (Å²) in [5.41, 5.74) is 0. The van der Waals surface area contributed by atoms with Gasteiger partial charge < -0.3 is 10.2 Å². The van der Waals surface area contributed by atoms with Gasteiger partial charge in [0.2, 0.25) is 5.91 Å². The van der Waals surface area contributed by atoms with Crippen molar-refractivity contribution in [1.29, 1.82) is 0 Å². The van der Waals surface area contributed by atoms with E-state index in [0.717, 1.165) is 25.3 Å². The minimum absolute atomic E-state index is 0. The van der Waals surface area contributed by atoms with Gasteiger partial charge in [-0.25, -0.2) is 0 Å². The first-order valence-electron chi connectivity index (χ1n) is 7.51. The number of thioether (sulfide) groups is 1. The van der Waals surface area contributed by atoms with Crippen molar-refractivity contribution in [2.75, 3.05) is 32.1 Å². The van der Waals surface area contributed by atoms with Crippen LogP contribution in [0.3, 0.4) is 0 Å². The van der Waals surface area contributed by atoms with Gasteiger partial charge in [0.15, 0.2) is 0 Å². The fourth-order valence-corrected chi connectivity index (χ4v) is 3.26. The Balaban J connectivity index is 0.00000361. The number of nitrogens with zero attached hydrogens (tertiary/aromatic N) is 1. The lowest BCUT2D eigenvalue weighted by molar-refractivity contribution is -0.133. The zero-order valence-corrected chi connectivity index (χ0v) is 15.0. The average molecular weight is 323 g/mol. The number of hydrogen-bond donors (Lipinski definition) is 1. The van der Waals surface area contributed by atoms with Crippen molar-refractivity contribution >= 4 is 30.1 Å². The fraction of sp³-hybridized carbons (Fsp3) is 0.933. The van der Waals surface area contributed by atoms with E-state index in [-0.39, 0.29) is 12.4 Å². The summed E-state index contributed by atoms with van der Waals surface area (Å²) in [7, 11) is 1.96. The molecular weight excluding hydrogens is 292 g/mol. The van der Waals surface area contributed by atoms with Gasteiger partial charge >= 0.3 is 0 Å². The summed E-state index contributed by atoms with van der Waals surface area (Å²) in [6.45, 7) is 6.61. The molecule has 0 aromatic rings. The van der Waals surface area contributed by atoms with Gasteiger partial charge in [0.1, 0.15) is 0 Å². The lowest BCUT2D eigenvalue weighted by atomic mass is 9.85. The van der Waals surface area contributed by atoms with Crippen molar-refractivity contribution in [1.82, 2.24) is 10.2 Å². The molecule has 1 rings (SSSR count). The summed E-state index contributed by atoms with van der Waals surface area (Å²) < 4.78 is 0. The predicted octanol–water partition coefficient (Wildman–Crippen LogP) is 3.03. The van der Waals surface area contributed by atoms with Crippen LogP contribution < -0.4 is 5.32 Å². The number of piperidine rings is 1. The standard InChI is InChI=1S/C15H30N2OS.ClH/c1-12(14-6-5-8-16-11-14)10-15(18)17(3)13(2)7-9-19-4;/h12-14,16H,5-11H2,1-4H3;1H. The van der Waals surface area contributed by atoms with Crippen molar-refractivity contribution in [3.63, 3.8) is 0 Å². The molecule has 1 aliphatic rings. The fourth-order valence-electron chi connectivity index (χ4n) is 2.68. The smallest absolute Gasteiger partial charge is 0.222 e. The molecule has 20 heavy (non-hydrogen) atoms. The summed E-state index contributed by atoms with van der Waals surface area (Å²) in [5, 5.41) is 3.44. The van der Waals surface area contributed by atoms with E-state index < -0.39 is 0 Å². The third-order valence-corrected chi connectivity index (χ3v) is 5.07. The van der Waals surface area contributed by atoms with Crippen molar-refractivity contribution in [3.05, 3.63) is 0 Å². The Bertz CT molecular complexity index is 273. The lowest BCUT2D eigenvalue weighted by Crippen LogP contribution is -2.39. The first-order chi connectivity index (χ1) is 9.06. The van der Waals surface area contributed by atoms with Crippen LogP contribution in [-0.2, 0) is 4.79 Å². The van der Waals surface area contributed by atoms with Gasteiger partial charge in [0.05, 0.1) is 0 Å². The molecule has 120 valence electrons. The Morgan fingerprint density at radius 2 is 2.15 bits per heavy atom. The molecule has 0 spiro atoms. The maximum atomic E-state index is 12.3. The van der Waals surface area contributed by atoms with E-state index in [1.807, 2.05) is 23.7 Å². The Morgan fingerprint density at radius 1 is 1.45 bits per heavy atom. The van der Waals surface area contributed by atoms with E-state index in [9.17, 15) is 4.79 Å². The number of rotatable bonds is 7. The highest BCUT2D eigenvalue weighted by Crippen LogP contribution is 2.23. The average Bonchev–Trinajstić information content (AvgIpc) is 2.44. The monoisotopic (exact) mass is 322 g/mol. The molecule has 1 saturated heterocycles. The van der Waals surface area contributed by atoms with E-state index >= 15 is 0 Å². The quantitative estimate of drug-likeness (QED) is 0.782. The molecule has 0 bridgehead atoms. The summed E-state index contributed by atoms with van der Waals surface area (Å²) >= 11 is 1.85. The highest BCUT2D eigenvalue weighted by Gasteiger charge is 2.24. The topological polar surface area (TPSA) is 32.3 Å². The summed E-state index contributed by atoms with van der Waals surface area (Å²) in [4.78, 5) is 14.2. The zero-order valence-electron chi connectivity index (χ0n) is 13.4. The molecule has 1 N–H and O–H groups in total. The van der Waals surface area contributed by atoms with E-state index in [1.165, 1.54) is 12.8 Å². The third kappa shape index (κ3) is 6.68. The second-order valence-electron chi connectivity index (χ2n) is 5.92. The van der Waals surface area contributed by atoms with Crippen LogP contribution >= 0.6 is 24.2 Å². The van der Waals surface area contributed by atoms with E-state index in [4.69, 9.17) is 0 Å². The van der Waals surface area contributed by atoms with Crippen LogP contribution in [0, 0.1) is 11.8 Å². The van der Waals surface area contributed by atoms with Gasteiger partial charge in [0.25, 0.3) is 0 Å². The number of halogens is 1. The van der Waals surface area contributed by atoms with E-state index in [0.29, 0.717) is 30.2 Å². The maximum absolute atomic E-state index is 12.3. The van der Waals surface area contributed by atoms with Crippen molar-refractivity contribution in [2.24, 2.45) is 11.8 Å². The normalized spacial score (nSPS) is 21.7. The minimum Gasteiger partial charge on any atom is -0.343 e. The number of carbonyl (C=O) groups is 1. The Hall–Kier alpha value is 0.0700. The Morgan fingerprint density at radius 3 is 2.70 bits per heavy atom. The molecule has 1 aliphatic heterocycles. The maximum Gasteiger partial charge on any atom is 0.222 e. The number of nitrogens with one attached hydrogen (secondary N) is 1. The van der Waals surface area contributed by atoms with Gasteiger partial charge in [-0.1, -0.05) is 6.92 Å². The van der Waals surface area contributed by atoms with Gasteiger partial charge in [-0.2, -0.15) is 11.8 Å². The Kier molecular flexibility index (Phi) is 10.8. The van der Waals surface area contributed by atoms with Gasteiger partial charge in [-0.15, -0.1) is 12.4 Å². The summed E-state index contributed by atoms with van der Waals surface area (Å²) in [6.07, 6.45) is 6.43. The number of carbonyl (C=O) groups excluding carboxylic acids is 1. The molecule has 3 atom stereocenters. The van der Waals surface area contributed by atoms with E-state index in [2.05, 4.69) is 25.4 Å². The van der Waals surface area contributed by atoms with Gasteiger partial charge in [-0.05, 0) is 63.1 Å². The van der Waals surface area contributed by atoms with Crippen LogP contribution in [0.2, 0.25) is 0 Å². The summed E-state index contributed by atoms with van der Waals surface area (Å²) in [6, 6.07) is 0.358. The molecule has 0 aromatic carbocycles. The molecule has 1 fully saturated rings. The van der Waals surface area contributed by atoms with Gasteiger partial charge in [-0.3, -0.25) is 4.79 Å². The SMILES string of the molecule is CSCCC(C)N(C)C(=O)CC(C)C1CCCNC1.Cl. The molecular formula is C15H31ClN2OS. The van der Waals surface area contributed by atoms with Crippen LogP contribution in [0.15, 0.2) is 0 Å².